The molecule has 0 aliphatic heterocycles. The van der Waals surface area contributed by atoms with Crippen LogP contribution in [0.25, 0.3) is 0 Å². The molecule has 33 heavy (non-hydrogen) atoms. The van der Waals surface area contributed by atoms with Gasteiger partial charge in [-0.3, -0.25) is 14.2 Å². The van der Waals surface area contributed by atoms with Gasteiger partial charge in [0.1, 0.15) is 17.8 Å². The summed E-state index contributed by atoms with van der Waals surface area (Å²) in [6.07, 6.45) is 2.55. The van der Waals surface area contributed by atoms with E-state index in [1.165, 1.54) is 17.0 Å². The van der Waals surface area contributed by atoms with E-state index in [4.69, 9.17) is 4.52 Å². The van der Waals surface area contributed by atoms with Crippen molar-refractivity contribution >= 4 is 11.6 Å². The van der Waals surface area contributed by atoms with E-state index in [2.05, 4.69) is 15.5 Å². The number of aromatic hydroxyl groups is 1. The van der Waals surface area contributed by atoms with Crippen molar-refractivity contribution < 1.29 is 14.4 Å². The van der Waals surface area contributed by atoms with Gasteiger partial charge in [0, 0.05) is 18.4 Å². The van der Waals surface area contributed by atoms with Gasteiger partial charge in [-0.1, -0.05) is 79.7 Å². The fraction of sp³-hybridized carbons (Fsp3) is 0.200. The Morgan fingerprint density at radius 3 is 2.15 bits per heavy atom. The summed E-state index contributed by atoms with van der Waals surface area (Å²) in [5.41, 5.74) is 0.550. The number of hydrogen-bond acceptors (Lipinski definition) is 6. The summed E-state index contributed by atoms with van der Waals surface area (Å²) >= 11 is 0. The number of anilines is 1. The minimum absolute atomic E-state index is 0.184. The quantitative estimate of drug-likeness (QED) is 0.468. The third-order valence-corrected chi connectivity index (χ3v) is 5.74. The molecule has 0 atom stereocenters. The third kappa shape index (κ3) is 4.15. The molecular formula is C25H24N4O4. The van der Waals surface area contributed by atoms with Crippen molar-refractivity contribution in [3.05, 3.63) is 106 Å². The van der Waals surface area contributed by atoms with Gasteiger partial charge in [0.25, 0.3) is 11.5 Å². The maximum absolute atomic E-state index is 12.9. The minimum Gasteiger partial charge on any atom is -0.501 e. The van der Waals surface area contributed by atoms with Crippen LogP contribution in [-0.2, 0) is 12.5 Å². The Morgan fingerprint density at radius 2 is 1.64 bits per heavy atom. The van der Waals surface area contributed by atoms with E-state index in [0.717, 1.165) is 11.1 Å². The van der Waals surface area contributed by atoms with Crippen LogP contribution < -0.4 is 10.9 Å². The van der Waals surface area contributed by atoms with Crippen LogP contribution in [0.2, 0.25) is 0 Å². The third-order valence-electron chi connectivity index (χ3n) is 5.74. The van der Waals surface area contributed by atoms with Crippen molar-refractivity contribution in [2.24, 2.45) is 7.05 Å². The fourth-order valence-corrected chi connectivity index (χ4v) is 4.23. The molecule has 4 rings (SSSR count). The molecule has 168 valence electrons. The second-order valence-electron chi connectivity index (χ2n) is 8.34. The highest BCUT2D eigenvalue weighted by Gasteiger charge is 2.38. The van der Waals surface area contributed by atoms with Gasteiger partial charge >= 0.3 is 0 Å². The highest BCUT2D eigenvalue weighted by atomic mass is 16.5. The molecule has 0 radical (unpaired) electrons. The van der Waals surface area contributed by atoms with E-state index in [9.17, 15) is 14.7 Å². The topological polar surface area (TPSA) is 110 Å². The highest BCUT2D eigenvalue weighted by Crippen LogP contribution is 2.42. The average Bonchev–Trinajstić information content (AvgIpc) is 3.32. The molecule has 2 heterocycles. The maximum Gasteiger partial charge on any atom is 0.296 e. The van der Waals surface area contributed by atoms with Crippen molar-refractivity contribution in [1.29, 1.82) is 0 Å². The van der Waals surface area contributed by atoms with E-state index in [-0.39, 0.29) is 17.3 Å². The monoisotopic (exact) mass is 444 g/mol. The molecule has 0 spiro atoms. The summed E-state index contributed by atoms with van der Waals surface area (Å²) in [5, 5.41) is 16.5. The van der Waals surface area contributed by atoms with Crippen molar-refractivity contribution in [2.75, 3.05) is 5.32 Å². The summed E-state index contributed by atoms with van der Waals surface area (Å²) in [7, 11) is 1.54. The van der Waals surface area contributed by atoms with Crippen LogP contribution in [0.5, 0.6) is 5.75 Å². The van der Waals surface area contributed by atoms with Gasteiger partial charge in [0.05, 0.1) is 6.20 Å². The van der Waals surface area contributed by atoms with E-state index in [1.54, 1.807) is 7.05 Å². The van der Waals surface area contributed by atoms with Crippen LogP contribution in [0.15, 0.2) is 82.4 Å². The normalized spacial score (nSPS) is 11.5. The fourth-order valence-electron chi connectivity index (χ4n) is 4.23. The molecule has 2 aromatic heterocycles. The molecule has 4 aromatic rings. The molecule has 2 N–H and O–H groups in total. The van der Waals surface area contributed by atoms with Crippen LogP contribution in [0, 0.1) is 0 Å². The first-order chi connectivity index (χ1) is 15.8. The lowest BCUT2D eigenvalue weighted by atomic mass is 9.70. The lowest BCUT2D eigenvalue weighted by Gasteiger charge is -2.36. The smallest absolute Gasteiger partial charge is 0.296 e. The van der Waals surface area contributed by atoms with E-state index in [1.807, 2.05) is 74.5 Å². The van der Waals surface area contributed by atoms with E-state index in [0.29, 0.717) is 5.82 Å². The van der Waals surface area contributed by atoms with Gasteiger partial charge in [-0.05, 0) is 11.1 Å². The molecule has 0 bridgehead atoms. The Kier molecular flexibility index (Phi) is 5.83. The lowest BCUT2D eigenvalue weighted by Crippen LogP contribution is -2.37. The molecule has 0 aliphatic rings. The van der Waals surface area contributed by atoms with Crippen LogP contribution in [-0.4, -0.2) is 25.7 Å². The van der Waals surface area contributed by atoms with Crippen LogP contribution in [0.3, 0.4) is 0 Å². The second-order valence-corrected chi connectivity index (χ2v) is 8.34. The molecule has 0 aliphatic carbocycles. The Balaban J connectivity index is 1.87. The number of carbonyl (C=O) groups excluding carboxylic acids is 1. The molecule has 8 heteroatoms. The lowest BCUT2D eigenvalue weighted by molar-refractivity contribution is 0.101. The molecule has 1 amide bonds. The first-order valence-electron chi connectivity index (χ1n) is 10.4. The summed E-state index contributed by atoms with van der Waals surface area (Å²) < 4.78 is 6.01. The molecule has 0 saturated heterocycles. The Bertz CT molecular complexity index is 1270. The maximum atomic E-state index is 12.9. The largest absolute Gasteiger partial charge is 0.501 e. The van der Waals surface area contributed by atoms with Crippen molar-refractivity contribution in [3.8, 4) is 5.75 Å². The number of rotatable bonds is 6. The highest BCUT2D eigenvalue weighted by molar-refractivity contribution is 6.04. The zero-order chi connectivity index (χ0) is 23.6. The van der Waals surface area contributed by atoms with Gasteiger partial charge in [0.15, 0.2) is 5.69 Å². The second kappa shape index (κ2) is 8.74. The van der Waals surface area contributed by atoms with Gasteiger partial charge in [-0.2, -0.15) is 0 Å². The molecule has 0 saturated carbocycles. The minimum atomic E-state index is -0.740. The standard InChI is InChI=1S/C25H24N4O4/c1-25(2,19(16-10-6-4-7-11-16)17-12-8-5-9-13-17)24-28-20(21(30)23(32)29(24)3)22(31)27-18-14-26-33-15-18/h4-15,19,30H,1-3H3,(H,27,31). The van der Waals surface area contributed by atoms with E-state index < -0.39 is 22.6 Å². The Morgan fingerprint density at radius 1 is 1.06 bits per heavy atom. The van der Waals surface area contributed by atoms with Gasteiger partial charge < -0.3 is 14.9 Å². The van der Waals surface area contributed by atoms with Gasteiger partial charge in [-0.15, -0.1) is 0 Å². The first kappa shape index (κ1) is 22.0. The van der Waals surface area contributed by atoms with Gasteiger partial charge in [0.2, 0.25) is 5.75 Å². The predicted octanol–water partition coefficient (Wildman–Crippen LogP) is 3.84. The zero-order valence-electron chi connectivity index (χ0n) is 18.5. The summed E-state index contributed by atoms with van der Waals surface area (Å²) in [4.78, 5) is 30.3. The number of aromatic nitrogens is 3. The number of nitrogens with zero attached hydrogens (tertiary/aromatic N) is 3. The Hall–Kier alpha value is -4.20. The number of amides is 1. The SMILES string of the molecule is Cn1c(C(C)(C)C(c2ccccc2)c2ccccc2)nc(C(=O)Nc2cnoc2)c(O)c1=O. The number of carbonyl (C=O) groups is 1. The van der Waals surface area contributed by atoms with Crippen molar-refractivity contribution in [2.45, 2.75) is 25.2 Å². The molecular weight excluding hydrogens is 420 g/mol. The van der Waals surface area contributed by atoms with Gasteiger partial charge in [-0.25, -0.2) is 4.98 Å². The molecule has 2 aromatic carbocycles. The van der Waals surface area contributed by atoms with Crippen LogP contribution >= 0.6 is 0 Å². The summed E-state index contributed by atoms with van der Waals surface area (Å²) in [6, 6.07) is 19.8. The zero-order valence-corrected chi connectivity index (χ0v) is 18.5. The number of hydrogen-bond donors (Lipinski definition) is 2. The molecule has 0 unspecified atom stereocenters. The summed E-state index contributed by atoms with van der Waals surface area (Å²) in [5.74, 6) is -1.28. The predicted molar refractivity (Wildman–Crippen MR) is 123 cm³/mol. The van der Waals surface area contributed by atoms with Crippen molar-refractivity contribution in [3.63, 3.8) is 0 Å². The van der Waals surface area contributed by atoms with Crippen LogP contribution in [0.1, 0.15) is 47.2 Å². The Labute approximate surface area is 190 Å². The van der Waals surface area contributed by atoms with Crippen molar-refractivity contribution in [1.82, 2.24) is 14.7 Å². The van der Waals surface area contributed by atoms with E-state index >= 15 is 0 Å². The average molecular weight is 444 g/mol. The molecule has 8 nitrogen and oxygen atoms in total. The van der Waals surface area contributed by atoms with Crippen LogP contribution in [0.4, 0.5) is 5.69 Å². The molecule has 0 fully saturated rings. The number of benzene rings is 2. The first-order valence-corrected chi connectivity index (χ1v) is 10.4. The number of nitrogens with one attached hydrogen (secondary N) is 1. The summed E-state index contributed by atoms with van der Waals surface area (Å²) in [6.45, 7) is 3.94.